The molecule has 1 aromatic carbocycles. The fourth-order valence-electron chi connectivity index (χ4n) is 8.70. The highest BCUT2D eigenvalue weighted by Crippen LogP contribution is 2.10. The van der Waals surface area contributed by atoms with Crippen molar-refractivity contribution >= 4 is 65.0 Å². The molecule has 1 fully saturated rings. The Hall–Kier alpha value is -6.93. The zero-order valence-corrected chi connectivity index (χ0v) is 48.0. The molecule has 11 amide bonds. The topological polar surface area (TPSA) is 511 Å². The molecule has 1 aliphatic rings. The molecule has 24 N–H and O–H groups in total. The second-order valence-electron chi connectivity index (χ2n) is 20.5. The highest BCUT2D eigenvalue weighted by molar-refractivity contribution is 5.99. The van der Waals surface area contributed by atoms with Crippen molar-refractivity contribution in [2.75, 3.05) is 39.3 Å². The van der Waals surface area contributed by atoms with Gasteiger partial charge in [0.05, 0.1) is 18.3 Å². The van der Waals surface area contributed by atoms with Crippen molar-refractivity contribution in [2.24, 2.45) is 28.7 Å². The van der Waals surface area contributed by atoms with E-state index in [9.17, 15) is 68.1 Å². The molecule has 0 spiro atoms. The van der Waals surface area contributed by atoms with Crippen LogP contribution in [0.5, 0.6) is 0 Å². The maximum Gasteiger partial charge on any atom is 0.245 e. The van der Waals surface area contributed by atoms with Crippen molar-refractivity contribution < 1.29 is 68.1 Å². The van der Waals surface area contributed by atoms with Gasteiger partial charge in [-0.1, -0.05) is 62.9 Å². The van der Waals surface area contributed by atoms with Gasteiger partial charge in [0.15, 0.2) is 0 Å². The van der Waals surface area contributed by atoms with Crippen LogP contribution in [0.2, 0.25) is 0 Å². The molecular formula is C53H92N16O14. The number of hydrogen-bond acceptors (Lipinski definition) is 19. The van der Waals surface area contributed by atoms with Crippen LogP contribution in [0.3, 0.4) is 0 Å². The molecule has 30 heteroatoms. The Labute approximate surface area is 483 Å². The summed E-state index contributed by atoms with van der Waals surface area (Å²) in [5.41, 5.74) is 29.7. The first-order valence-electron chi connectivity index (χ1n) is 28.4. The zero-order valence-electron chi connectivity index (χ0n) is 48.0. The number of amides is 11. The fourth-order valence-corrected chi connectivity index (χ4v) is 8.70. The summed E-state index contributed by atoms with van der Waals surface area (Å²) in [5.74, 6) is -10.5. The van der Waals surface area contributed by atoms with Gasteiger partial charge in [-0.3, -0.25) is 52.7 Å². The number of unbranched alkanes of at least 4 members (excludes halogenated alkanes) is 4. The summed E-state index contributed by atoms with van der Waals surface area (Å²) in [6, 6.07) is -7.34. The van der Waals surface area contributed by atoms with E-state index in [1.54, 1.807) is 30.3 Å². The molecule has 1 aliphatic heterocycles. The lowest BCUT2D eigenvalue weighted by molar-refractivity contribution is -0.137. The highest BCUT2D eigenvalue weighted by Gasteiger charge is 2.38. The molecule has 0 radical (unpaired) electrons. The number of aliphatic hydroxyl groups excluding tert-OH is 3. The molecule has 1 heterocycles. The van der Waals surface area contributed by atoms with Crippen LogP contribution >= 0.6 is 0 Å². The Morgan fingerprint density at radius 1 is 0.542 bits per heavy atom. The third-order valence-electron chi connectivity index (χ3n) is 13.4. The van der Waals surface area contributed by atoms with Crippen LogP contribution in [-0.4, -0.2) is 198 Å². The SMILES string of the molecule is CCCCCCCC(=O)N[C@@H](CCN)C(=O)N[C@H](C(=O)N[C@H](CCN)C(=O)N[C@H]1CCNC(=O)[C@H]([C@@H](C)O)NC(=O)[C@H](CCN)NC(=O)[C@H](CCN)NC(=O)[C@H]([C@@H](C)O)NC(=O)[C@@H](Cc2ccccc2)NC(=O)[C@H](CCN)NC1=O)[C@@H](C)O. The lowest BCUT2D eigenvalue weighted by atomic mass is 10.0. The third kappa shape index (κ3) is 25.6. The van der Waals surface area contributed by atoms with Gasteiger partial charge in [0.25, 0.3) is 0 Å². The average molecular weight is 1180 g/mol. The summed E-state index contributed by atoms with van der Waals surface area (Å²) >= 11 is 0. The van der Waals surface area contributed by atoms with Gasteiger partial charge in [0, 0.05) is 19.4 Å². The van der Waals surface area contributed by atoms with Crippen LogP contribution in [0.15, 0.2) is 30.3 Å². The molecule has 1 saturated heterocycles. The van der Waals surface area contributed by atoms with Crippen molar-refractivity contribution in [1.82, 2.24) is 58.5 Å². The van der Waals surface area contributed by atoms with Crippen LogP contribution < -0.4 is 87.2 Å². The van der Waals surface area contributed by atoms with E-state index >= 15 is 0 Å². The Morgan fingerprint density at radius 3 is 1.52 bits per heavy atom. The Morgan fingerprint density at radius 2 is 1.01 bits per heavy atom. The van der Waals surface area contributed by atoms with Crippen molar-refractivity contribution in [3.8, 4) is 0 Å². The van der Waals surface area contributed by atoms with E-state index in [0.717, 1.165) is 25.7 Å². The van der Waals surface area contributed by atoms with E-state index in [1.165, 1.54) is 20.8 Å². The second-order valence-corrected chi connectivity index (χ2v) is 20.5. The molecule has 30 nitrogen and oxygen atoms in total. The standard InChI is InChI=1S/C53H92N16O14/c1-5-6-7-8-12-15-40(73)60-33(16-22-54)48(78)68-42(30(3)71)52(82)65-36(19-25-57)45(75)63-38-21-27-59-51(81)41(29(2)70)67-49(79)37(20-26-58)62-44(74)35(18-24-56)64-53(83)43(31(4)72)69-50(80)39(28-32-13-10-9-11-14-32)66-46(76)34(17-23-55)61-47(38)77/h9-11,13-14,29-31,33-39,41-43,70-72H,5-8,12,15-28,54-58H2,1-4H3,(H,59,81)(H,60,73)(H,61,77)(H,62,74)(H,63,75)(H,64,83)(H,65,82)(H,66,76)(H,67,79)(H,68,78)(H,69,80)/t29-,30-,31-,33+,34+,35+,36-,37+,38+,39-,41+,42+,43+/m1/s1. The summed E-state index contributed by atoms with van der Waals surface area (Å²) in [6.45, 7) is 4.26. The van der Waals surface area contributed by atoms with E-state index < -0.39 is 157 Å². The second kappa shape index (κ2) is 38.8. The normalized spacial score (nSPS) is 23.1. The van der Waals surface area contributed by atoms with Gasteiger partial charge >= 0.3 is 0 Å². The van der Waals surface area contributed by atoms with Crippen LogP contribution in [0, 0.1) is 0 Å². The molecule has 0 aliphatic carbocycles. The van der Waals surface area contributed by atoms with Crippen LogP contribution in [-0.2, 0) is 59.2 Å². The minimum Gasteiger partial charge on any atom is -0.391 e. The number of nitrogens with two attached hydrogens (primary N) is 5. The van der Waals surface area contributed by atoms with Gasteiger partial charge in [-0.2, -0.15) is 0 Å². The summed E-state index contributed by atoms with van der Waals surface area (Å²) in [4.78, 5) is 153. The molecule has 83 heavy (non-hydrogen) atoms. The molecule has 0 unspecified atom stereocenters. The van der Waals surface area contributed by atoms with Gasteiger partial charge < -0.3 is 102 Å². The van der Waals surface area contributed by atoms with Crippen LogP contribution in [0.25, 0.3) is 0 Å². The summed E-state index contributed by atoms with van der Waals surface area (Å²) in [5, 5.41) is 59.6. The van der Waals surface area contributed by atoms with Gasteiger partial charge in [0.1, 0.15) is 60.4 Å². The minimum atomic E-state index is -1.77. The number of nitrogens with one attached hydrogen (secondary N) is 11. The van der Waals surface area contributed by atoms with Crippen molar-refractivity contribution in [1.29, 1.82) is 0 Å². The zero-order chi connectivity index (χ0) is 62.2. The minimum absolute atomic E-state index is 0.0227. The molecule has 0 saturated carbocycles. The fraction of sp³-hybridized carbons (Fsp3) is 0.679. The highest BCUT2D eigenvalue weighted by atomic mass is 16.3. The molecule has 0 bridgehead atoms. The van der Waals surface area contributed by atoms with Gasteiger partial charge in [-0.05, 0) is 104 Å². The monoisotopic (exact) mass is 1180 g/mol. The molecule has 2 rings (SSSR count). The van der Waals surface area contributed by atoms with E-state index in [1.807, 2.05) is 0 Å². The maximum atomic E-state index is 14.5. The Bertz CT molecular complexity index is 2260. The van der Waals surface area contributed by atoms with E-state index in [2.05, 4.69) is 65.4 Å². The van der Waals surface area contributed by atoms with Crippen LogP contribution in [0.4, 0.5) is 0 Å². The Balaban J connectivity index is 2.67. The largest absolute Gasteiger partial charge is 0.391 e. The number of rotatable bonds is 28. The first-order valence-corrected chi connectivity index (χ1v) is 28.4. The third-order valence-corrected chi connectivity index (χ3v) is 13.4. The number of benzene rings is 1. The predicted octanol–water partition coefficient (Wildman–Crippen LogP) is -7.16. The number of hydrogen-bond donors (Lipinski definition) is 19. The first-order chi connectivity index (χ1) is 39.5. The quantitative estimate of drug-likeness (QED) is 0.0347. The maximum absolute atomic E-state index is 14.5. The van der Waals surface area contributed by atoms with Gasteiger partial charge in [-0.15, -0.1) is 0 Å². The van der Waals surface area contributed by atoms with Gasteiger partial charge in [0.2, 0.25) is 65.0 Å². The molecule has 1 aromatic rings. The van der Waals surface area contributed by atoms with E-state index in [-0.39, 0.29) is 77.7 Å². The lowest BCUT2D eigenvalue weighted by Gasteiger charge is -2.29. The summed E-state index contributed by atoms with van der Waals surface area (Å²) in [7, 11) is 0. The van der Waals surface area contributed by atoms with Crippen LogP contribution in [0.1, 0.15) is 110 Å². The molecule has 468 valence electrons. The van der Waals surface area contributed by atoms with Gasteiger partial charge in [-0.25, -0.2) is 0 Å². The molecule has 13 atom stereocenters. The number of carbonyl (C=O) groups excluding carboxylic acids is 11. The lowest BCUT2D eigenvalue weighted by Crippen LogP contribution is -2.62. The predicted molar refractivity (Wildman–Crippen MR) is 304 cm³/mol. The molecule has 0 aromatic heterocycles. The number of aliphatic hydroxyl groups is 3. The smallest absolute Gasteiger partial charge is 0.245 e. The van der Waals surface area contributed by atoms with E-state index in [4.69, 9.17) is 28.7 Å². The van der Waals surface area contributed by atoms with Crippen molar-refractivity contribution in [2.45, 2.75) is 190 Å². The van der Waals surface area contributed by atoms with E-state index in [0.29, 0.717) is 12.0 Å². The average Bonchev–Trinajstić information content (AvgIpc) is 3.48. The Kier molecular flexibility index (Phi) is 33.7. The number of carbonyl (C=O) groups is 11. The molecular weight excluding hydrogens is 1080 g/mol. The van der Waals surface area contributed by atoms with Crippen molar-refractivity contribution in [3.05, 3.63) is 35.9 Å². The summed E-state index contributed by atoms with van der Waals surface area (Å²) < 4.78 is 0. The van der Waals surface area contributed by atoms with Crippen molar-refractivity contribution in [3.63, 3.8) is 0 Å². The first kappa shape index (κ1) is 72.2. The summed E-state index contributed by atoms with van der Waals surface area (Å²) in [6.07, 6.45) is -2.00.